The van der Waals surface area contributed by atoms with Crippen LogP contribution in [-0.4, -0.2) is 36.6 Å². The number of ether oxygens (including phenoxy) is 1. The van der Waals surface area contributed by atoms with Crippen LogP contribution in [0.15, 0.2) is 49.1 Å². The van der Waals surface area contributed by atoms with Crippen molar-refractivity contribution in [1.82, 2.24) is 29.5 Å². The Morgan fingerprint density at radius 1 is 1.10 bits per heavy atom. The number of aromatic nitrogens is 6. The van der Waals surface area contributed by atoms with Crippen LogP contribution in [0.25, 0.3) is 44.3 Å². The smallest absolute Gasteiger partial charge is 0.183 e. The molecule has 0 bridgehead atoms. The van der Waals surface area contributed by atoms with Crippen LogP contribution in [0.2, 0.25) is 0 Å². The summed E-state index contributed by atoms with van der Waals surface area (Å²) in [4.78, 5) is 4.50. The Kier molecular flexibility index (Phi) is 4.20. The van der Waals surface area contributed by atoms with Gasteiger partial charge in [-0.05, 0) is 36.8 Å². The number of aryl methyl sites for hydroxylation is 2. The molecule has 0 atom stereocenters. The number of hydrogen-bond acceptors (Lipinski definition) is 5. The number of imidazole rings is 1. The summed E-state index contributed by atoms with van der Waals surface area (Å²) in [5.74, 6) is 0.240. The number of rotatable bonds is 4. The van der Waals surface area contributed by atoms with Crippen molar-refractivity contribution in [3.05, 3.63) is 54.9 Å². The lowest BCUT2D eigenvalue weighted by molar-refractivity contribution is 0.417. The largest absolute Gasteiger partial charge is 0.496 e. The van der Waals surface area contributed by atoms with Gasteiger partial charge in [0.05, 0.1) is 25.2 Å². The third-order valence-electron chi connectivity index (χ3n) is 5.25. The van der Waals surface area contributed by atoms with E-state index < -0.39 is 0 Å². The van der Waals surface area contributed by atoms with Gasteiger partial charge in [0.15, 0.2) is 5.65 Å². The van der Waals surface area contributed by atoms with E-state index in [0.29, 0.717) is 22.5 Å². The molecule has 30 heavy (non-hydrogen) atoms. The van der Waals surface area contributed by atoms with E-state index in [2.05, 4.69) is 20.3 Å². The highest BCUT2D eigenvalue weighted by molar-refractivity contribution is 5.92. The molecule has 7 nitrogen and oxygen atoms in total. The van der Waals surface area contributed by atoms with E-state index in [1.54, 1.807) is 36.4 Å². The fourth-order valence-electron chi connectivity index (χ4n) is 3.77. The van der Waals surface area contributed by atoms with Crippen LogP contribution in [0.1, 0.15) is 6.92 Å². The minimum Gasteiger partial charge on any atom is -0.496 e. The van der Waals surface area contributed by atoms with E-state index in [1.165, 1.54) is 6.07 Å². The minimum atomic E-state index is -0.343. The molecule has 0 aliphatic rings. The molecule has 0 amide bonds. The van der Waals surface area contributed by atoms with Gasteiger partial charge in [0, 0.05) is 41.9 Å². The van der Waals surface area contributed by atoms with Gasteiger partial charge in [-0.3, -0.25) is 4.68 Å². The molecule has 0 saturated carbocycles. The first-order valence-corrected chi connectivity index (χ1v) is 9.57. The van der Waals surface area contributed by atoms with Crippen molar-refractivity contribution < 1.29 is 9.13 Å². The van der Waals surface area contributed by atoms with Gasteiger partial charge in [0.1, 0.15) is 17.1 Å². The molecule has 0 N–H and O–H groups in total. The maximum atomic E-state index is 14.9. The Balaban J connectivity index is 1.72. The standard InChI is InChI=1S/C22H19FN6O/c1-4-29-12-24-21-17(10-25-26-22(21)29)13-5-6-18(23)15(7-13)16-9-19-14(8-20(16)30-3)11-28(2)27-19/h5-12H,4H2,1-3H3. The van der Waals surface area contributed by atoms with E-state index >= 15 is 0 Å². The Bertz CT molecular complexity index is 1400. The van der Waals surface area contributed by atoms with Crippen molar-refractivity contribution in [2.75, 3.05) is 7.11 Å². The second-order valence-corrected chi connectivity index (χ2v) is 7.07. The van der Waals surface area contributed by atoms with Crippen molar-refractivity contribution in [3.8, 4) is 28.0 Å². The molecule has 0 aliphatic heterocycles. The quantitative estimate of drug-likeness (QED) is 0.450. The Hall–Kier alpha value is -3.81. The molecule has 0 saturated heterocycles. The average Bonchev–Trinajstić information content (AvgIpc) is 3.34. The van der Waals surface area contributed by atoms with Crippen molar-refractivity contribution in [1.29, 1.82) is 0 Å². The average molecular weight is 402 g/mol. The molecule has 0 unspecified atom stereocenters. The monoisotopic (exact) mass is 402 g/mol. The molecule has 0 fully saturated rings. The lowest BCUT2D eigenvalue weighted by Gasteiger charge is -2.12. The maximum absolute atomic E-state index is 14.9. The molecule has 5 aromatic rings. The highest BCUT2D eigenvalue weighted by atomic mass is 19.1. The third-order valence-corrected chi connectivity index (χ3v) is 5.25. The fraction of sp³-hybridized carbons (Fsp3) is 0.182. The molecular weight excluding hydrogens is 383 g/mol. The van der Waals surface area contributed by atoms with Crippen molar-refractivity contribution >= 4 is 22.1 Å². The van der Waals surface area contributed by atoms with E-state index in [0.717, 1.165) is 34.1 Å². The Morgan fingerprint density at radius 3 is 2.77 bits per heavy atom. The van der Waals surface area contributed by atoms with Crippen LogP contribution in [0, 0.1) is 5.82 Å². The molecular formula is C22H19FN6O. The number of fused-ring (bicyclic) bond motifs is 2. The maximum Gasteiger partial charge on any atom is 0.183 e. The van der Waals surface area contributed by atoms with Crippen LogP contribution in [0.5, 0.6) is 5.75 Å². The summed E-state index contributed by atoms with van der Waals surface area (Å²) in [5.41, 5.74) is 4.87. The predicted octanol–water partition coefficient (Wildman–Crippen LogP) is 4.21. The first-order valence-electron chi connectivity index (χ1n) is 9.57. The number of benzene rings is 2. The Labute approximate surface area is 171 Å². The van der Waals surface area contributed by atoms with Gasteiger partial charge < -0.3 is 9.30 Å². The molecule has 3 heterocycles. The Morgan fingerprint density at radius 2 is 1.97 bits per heavy atom. The number of methoxy groups -OCH3 is 1. The van der Waals surface area contributed by atoms with Gasteiger partial charge in [-0.15, -0.1) is 5.10 Å². The van der Waals surface area contributed by atoms with Crippen LogP contribution in [0.3, 0.4) is 0 Å². The summed E-state index contributed by atoms with van der Waals surface area (Å²) in [6, 6.07) is 8.70. The normalized spacial score (nSPS) is 11.5. The zero-order chi connectivity index (χ0) is 20.8. The highest BCUT2D eigenvalue weighted by Crippen LogP contribution is 2.38. The summed E-state index contributed by atoms with van der Waals surface area (Å²) in [6.07, 6.45) is 5.30. The van der Waals surface area contributed by atoms with Gasteiger partial charge in [0.25, 0.3) is 0 Å². The molecule has 8 heteroatoms. The van der Waals surface area contributed by atoms with Gasteiger partial charge in [-0.2, -0.15) is 10.2 Å². The molecule has 0 radical (unpaired) electrons. The van der Waals surface area contributed by atoms with Gasteiger partial charge in [-0.1, -0.05) is 6.07 Å². The third kappa shape index (κ3) is 2.80. The van der Waals surface area contributed by atoms with E-state index in [1.807, 2.05) is 36.9 Å². The molecule has 2 aromatic carbocycles. The van der Waals surface area contributed by atoms with Gasteiger partial charge in [-0.25, -0.2) is 9.37 Å². The topological polar surface area (TPSA) is 70.7 Å². The fourth-order valence-corrected chi connectivity index (χ4v) is 3.77. The van der Waals surface area contributed by atoms with Crippen molar-refractivity contribution in [2.45, 2.75) is 13.5 Å². The number of hydrogen-bond donors (Lipinski definition) is 0. The molecule has 3 aromatic heterocycles. The summed E-state index contributed by atoms with van der Waals surface area (Å²) in [6.45, 7) is 2.76. The van der Waals surface area contributed by atoms with Crippen LogP contribution < -0.4 is 4.74 Å². The number of nitrogens with zero attached hydrogens (tertiary/aromatic N) is 6. The summed E-state index contributed by atoms with van der Waals surface area (Å²) in [7, 11) is 3.43. The first-order chi connectivity index (χ1) is 14.6. The van der Waals surface area contributed by atoms with Gasteiger partial charge >= 0.3 is 0 Å². The summed E-state index contributed by atoms with van der Waals surface area (Å²) in [5, 5.41) is 13.7. The number of halogens is 1. The summed E-state index contributed by atoms with van der Waals surface area (Å²) < 4.78 is 24.2. The molecule has 0 aliphatic carbocycles. The van der Waals surface area contributed by atoms with E-state index in [-0.39, 0.29) is 5.82 Å². The zero-order valence-electron chi connectivity index (χ0n) is 16.8. The van der Waals surface area contributed by atoms with E-state index in [4.69, 9.17) is 4.74 Å². The second kappa shape index (κ2) is 6.91. The lowest BCUT2D eigenvalue weighted by atomic mass is 9.97. The highest BCUT2D eigenvalue weighted by Gasteiger charge is 2.17. The van der Waals surface area contributed by atoms with E-state index in [9.17, 15) is 4.39 Å². The molecule has 150 valence electrons. The predicted molar refractivity (Wildman–Crippen MR) is 113 cm³/mol. The van der Waals surface area contributed by atoms with Crippen molar-refractivity contribution in [3.63, 3.8) is 0 Å². The van der Waals surface area contributed by atoms with Crippen LogP contribution in [-0.2, 0) is 13.6 Å². The zero-order valence-corrected chi connectivity index (χ0v) is 16.8. The minimum absolute atomic E-state index is 0.343. The molecule has 0 spiro atoms. The SMILES string of the molecule is CCn1cnc2c(-c3ccc(F)c(-c4cc5nn(C)cc5cc4OC)c3)cnnc21. The molecule has 5 rings (SSSR count). The van der Waals surface area contributed by atoms with Gasteiger partial charge in [0.2, 0.25) is 0 Å². The van der Waals surface area contributed by atoms with Crippen molar-refractivity contribution in [2.24, 2.45) is 7.05 Å². The lowest BCUT2D eigenvalue weighted by Crippen LogP contribution is -1.96. The van der Waals surface area contributed by atoms with Crippen LogP contribution >= 0.6 is 0 Å². The second-order valence-electron chi connectivity index (χ2n) is 7.07. The van der Waals surface area contributed by atoms with Crippen LogP contribution in [0.4, 0.5) is 4.39 Å². The summed E-state index contributed by atoms with van der Waals surface area (Å²) >= 11 is 0. The first kappa shape index (κ1) is 18.2.